The average Bonchev–Trinajstić information content (AvgIpc) is 3.41. The summed E-state index contributed by atoms with van der Waals surface area (Å²) in [6.45, 7) is 5.28. The van der Waals surface area contributed by atoms with Gasteiger partial charge in [0.15, 0.2) is 11.5 Å². The molecule has 2 aliphatic rings. The maximum Gasteiger partial charge on any atom is 0.240 e. The largest absolute Gasteiger partial charge is 0.486 e. The number of aryl methyl sites for hydroxylation is 2. The van der Waals surface area contributed by atoms with Crippen LogP contribution in [0.4, 0.5) is 0 Å². The Hall–Kier alpha value is -2.05. The van der Waals surface area contributed by atoms with E-state index in [0.717, 1.165) is 41.0 Å². The molecule has 1 heterocycles. The minimum absolute atomic E-state index is 0.151. The molecule has 0 atom stereocenters. The Morgan fingerprint density at radius 2 is 1.73 bits per heavy atom. The molecule has 5 nitrogen and oxygen atoms in total. The van der Waals surface area contributed by atoms with Crippen molar-refractivity contribution in [3.63, 3.8) is 0 Å². The molecule has 0 unspecified atom stereocenters. The van der Waals surface area contributed by atoms with Crippen LogP contribution >= 0.6 is 0 Å². The van der Waals surface area contributed by atoms with E-state index in [1.54, 1.807) is 6.07 Å². The van der Waals surface area contributed by atoms with Crippen molar-refractivity contribution >= 4 is 10.0 Å². The molecule has 138 valence electrons. The topological polar surface area (TPSA) is 64.6 Å². The van der Waals surface area contributed by atoms with Crippen LogP contribution in [0.15, 0.2) is 41.3 Å². The molecule has 0 bridgehead atoms. The zero-order valence-corrected chi connectivity index (χ0v) is 15.9. The summed E-state index contributed by atoms with van der Waals surface area (Å²) in [5.74, 6) is 1.50. The molecule has 1 aliphatic carbocycles. The monoisotopic (exact) mass is 373 g/mol. The van der Waals surface area contributed by atoms with Crippen molar-refractivity contribution < 1.29 is 17.9 Å². The lowest BCUT2D eigenvalue weighted by Crippen LogP contribution is -2.32. The van der Waals surface area contributed by atoms with Crippen LogP contribution in [0.25, 0.3) is 0 Å². The third-order valence-electron chi connectivity index (χ3n) is 5.23. The number of sulfonamides is 1. The van der Waals surface area contributed by atoms with Gasteiger partial charge < -0.3 is 9.47 Å². The van der Waals surface area contributed by atoms with Gasteiger partial charge in [0.25, 0.3) is 0 Å². The molecule has 1 aliphatic heterocycles. The fraction of sp³-hybridized carbons (Fsp3) is 0.400. The van der Waals surface area contributed by atoms with E-state index in [-0.39, 0.29) is 5.41 Å². The van der Waals surface area contributed by atoms with Crippen LogP contribution < -0.4 is 14.2 Å². The predicted molar refractivity (Wildman–Crippen MR) is 99.4 cm³/mol. The Labute approximate surface area is 154 Å². The molecule has 1 N–H and O–H groups in total. The first-order chi connectivity index (χ1) is 12.4. The SMILES string of the molecule is Cc1ccc(S(=O)(=O)NCC2(c3ccc4c(c3)OCCO4)CC2)c(C)c1. The number of hydrogen-bond acceptors (Lipinski definition) is 4. The highest BCUT2D eigenvalue weighted by molar-refractivity contribution is 7.89. The Balaban J connectivity index is 1.54. The van der Waals surface area contributed by atoms with Crippen molar-refractivity contribution in [1.29, 1.82) is 0 Å². The standard InChI is InChI=1S/C20H23NO4S/c1-14-3-6-19(15(2)11-14)26(22,23)21-13-20(7-8-20)16-4-5-17-18(12-16)25-10-9-24-17/h3-6,11-12,21H,7-10,13H2,1-2H3. The van der Waals surface area contributed by atoms with Crippen LogP contribution in [0, 0.1) is 13.8 Å². The summed E-state index contributed by atoms with van der Waals surface area (Å²) in [6.07, 6.45) is 1.92. The molecule has 0 spiro atoms. The second-order valence-electron chi connectivity index (χ2n) is 7.23. The minimum Gasteiger partial charge on any atom is -0.486 e. The predicted octanol–water partition coefficient (Wildman–Crippen LogP) is 3.08. The van der Waals surface area contributed by atoms with Crippen LogP contribution in [0.1, 0.15) is 29.5 Å². The number of fused-ring (bicyclic) bond motifs is 1. The van der Waals surface area contributed by atoms with E-state index >= 15 is 0 Å². The second-order valence-corrected chi connectivity index (χ2v) is 8.97. The Bertz CT molecular complexity index is 948. The van der Waals surface area contributed by atoms with Crippen molar-refractivity contribution in [3.8, 4) is 11.5 Å². The molecule has 0 radical (unpaired) electrons. The van der Waals surface area contributed by atoms with Crippen molar-refractivity contribution in [1.82, 2.24) is 4.72 Å². The van der Waals surface area contributed by atoms with Crippen LogP contribution in [-0.2, 0) is 15.4 Å². The number of ether oxygens (including phenoxy) is 2. The van der Waals surface area contributed by atoms with Gasteiger partial charge in [0.1, 0.15) is 13.2 Å². The summed E-state index contributed by atoms with van der Waals surface area (Å²) in [5.41, 5.74) is 2.77. The van der Waals surface area contributed by atoms with Crippen molar-refractivity contribution in [3.05, 3.63) is 53.1 Å². The molecule has 0 saturated heterocycles. The van der Waals surface area contributed by atoms with Gasteiger partial charge in [-0.25, -0.2) is 13.1 Å². The van der Waals surface area contributed by atoms with Crippen LogP contribution in [0.5, 0.6) is 11.5 Å². The normalized spacial score (nSPS) is 17.8. The molecule has 0 amide bonds. The lowest BCUT2D eigenvalue weighted by atomic mass is 9.96. The highest BCUT2D eigenvalue weighted by atomic mass is 32.2. The van der Waals surface area contributed by atoms with E-state index in [2.05, 4.69) is 4.72 Å². The highest BCUT2D eigenvalue weighted by Gasteiger charge is 2.45. The highest BCUT2D eigenvalue weighted by Crippen LogP contribution is 2.49. The van der Waals surface area contributed by atoms with E-state index < -0.39 is 10.0 Å². The summed E-state index contributed by atoms with van der Waals surface area (Å²) in [6, 6.07) is 11.3. The fourth-order valence-corrected chi connectivity index (χ4v) is 4.86. The summed E-state index contributed by atoms with van der Waals surface area (Å²) >= 11 is 0. The number of benzene rings is 2. The van der Waals surface area contributed by atoms with Gasteiger partial charge in [0, 0.05) is 12.0 Å². The zero-order valence-electron chi connectivity index (χ0n) is 15.0. The molecule has 2 aromatic rings. The van der Waals surface area contributed by atoms with Crippen molar-refractivity contribution in [2.24, 2.45) is 0 Å². The van der Waals surface area contributed by atoms with E-state index in [1.165, 1.54) is 0 Å². The van der Waals surface area contributed by atoms with Crippen molar-refractivity contribution in [2.75, 3.05) is 19.8 Å². The number of nitrogens with one attached hydrogen (secondary N) is 1. The first-order valence-electron chi connectivity index (χ1n) is 8.87. The molecule has 4 rings (SSSR count). The summed E-state index contributed by atoms with van der Waals surface area (Å²) in [5, 5.41) is 0. The minimum atomic E-state index is -3.53. The van der Waals surface area contributed by atoms with E-state index in [9.17, 15) is 8.42 Å². The third-order valence-corrected chi connectivity index (χ3v) is 6.79. The summed E-state index contributed by atoms with van der Waals surface area (Å²) < 4.78 is 39.5. The van der Waals surface area contributed by atoms with E-state index in [4.69, 9.17) is 9.47 Å². The average molecular weight is 373 g/mol. The van der Waals surface area contributed by atoms with Gasteiger partial charge in [-0.05, 0) is 56.0 Å². The van der Waals surface area contributed by atoms with Gasteiger partial charge in [-0.2, -0.15) is 0 Å². The Kier molecular flexibility index (Phi) is 4.20. The maximum absolute atomic E-state index is 12.7. The quantitative estimate of drug-likeness (QED) is 0.875. The second kappa shape index (κ2) is 6.28. The van der Waals surface area contributed by atoms with Gasteiger partial charge >= 0.3 is 0 Å². The molecule has 26 heavy (non-hydrogen) atoms. The molecule has 6 heteroatoms. The fourth-order valence-electron chi connectivity index (χ4n) is 3.50. The smallest absolute Gasteiger partial charge is 0.240 e. The first-order valence-corrected chi connectivity index (χ1v) is 10.4. The van der Waals surface area contributed by atoms with Gasteiger partial charge in [-0.3, -0.25) is 0 Å². The molecule has 2 aromatic carbocycles. The molecule has 1 saturated carbocycles. The summed E-state index contributed by atoms with van der Waals surface area (Å²) in [4.78, 5) is 0.348. The van der Waals surface area contributed by atoms with Crippen LogP contribution in [-0.4, -0.2) is 28.2 Å². The van der Waals surface area contributed by atoms with Crippen LogP contribution in [0.2, 0.25) is 0 Å². The molecular weight excluding hydrogens is 350 g/mol. The summed E-state index contributed by atoms with van der Waals surface area (Å²) in [7, 11) is -3.53. The number of hydrogen-bond donors (Lipinski definition) is 1. The van der Waals surface area contributed by atoms with Crippen LogP contribution in [0.3, 0.4) is 0 Å². The Morgan fingerprint density at radius 3 is 2.42 bits per heavy atom. The van der Waals surface area contributed by atoms with E-state index in [0.29, 0.717) is 24.7 Å². The number of rotatable bonds is 5. The Morgan fingerprint density at radius 1 is 1.00 bits per heavy atom. The first kappa shape index (κ1) is 17.4. The van der Waals surface area contributed by atoms with E-state index in [1.807, 2.05) is 44.2 Å². The lowest BCUT2D eigenvalue weighted by molar-refractivity contribution is 0.171. The van der Waals surface area contributed by atoms with Gasteiger partial charge in [-0.1, -0.05) is 23.8 Å². The molecular formula is C20H23NO4S. The zero-order chi connectivity index (χ0) is 18.4. The van der Waals surface area contributed by atoms with Crippen molar-refractivity contribution in [2.45, 2.75) is 37.0 Å². The maximum atomic E-state index is 12.7. The van der Waals surface area contributed by atoms with Gasteiger partial charge in [0.05, 0.1) is 4.90 Å². The van der Waals surface area contributed by atoms with Gasteiger partial charge in [0.2, 0.25) is 10.0 Å². The molecule has 0 aromatic heterocycles. The third kappa shape index (κ3) is 3.19. The lowest BCUT2D eigenvalue weighted by Gasteiger charge is -2.22. The van der Waals surface area contributed by atoms with Gasteiger partial charge in [-0.15, -0.1) is 0 Å². The molecule has 1 fully saturated rings.